The monoisotopic (exact) mass is 577 g/mol. The summed E-state index contributed by atoms with van der Waals surface area (Å²) in [5.74, 6) is -11.0. The van der Waals surface area contributed by atoms with Crippen LogP contribution in [0.2, 0.25) is 0 Å². The molecular weight excluding hydrogens is 554 g/mol. The van der Waals surface area contributed by atoms with Gasteiger partial charge >= 0.3 is 11.9 Å². The number of carboxylic acids is 1. The SMILES string of the molecule is O=C(O)CCC(=O)ON1C(=O)C(CCON2C(=O)CCC2=O)C(CCON2C(=O)CCC2=O)(S(=O)(=O)O)C1=O. The van der Waals surface area contributed by atoms with Crippen LogP contribution in [-0.2, 0) is 63.0 Å². The maximum atomic E-state index is 13.3. The van der Waals surface area contributed by atoms with E-state index in [1.165, 1.54) is 0 Å². The number of aliphatic carboxylic acids is 1. The molecule has 0 spiro atoms. The van der Waals surface area contributed by atoms with Gasteiger partial charge in [-0.1, -0.05) is 0 Å². The molecular formula is C20H23N3O15S. The summed E-state index contributed by atoms with van der Waals surface area (Å²) in [6.07, 6.45) is -3.98. The molecule has 3 fully saturated rings. The predicted octanol–water partition coefficient (Wildman–Crippen LogP) is -2.14. The van der Waals surface area contributed by atoms with E-state index in [9.17, 15) is 51.3 Å². The van der Waals surface area contributed by atoms with Crippen LogP contribution < -0.4 is 0 Å². The van der Waals surface area contributed by atoms with E-state index in [0.717, 1.165) is 0 Å². The van der Waals surface area contributed by atoms with Crippen molar-refractivity contribution in [3.8, 4) is 0 Å². The Morgan fingerprint density at radius 1 is 0.821 bits per heavy atom. The number of amides is 6. The summed E-state index contributed by atoms with van der Waals surface area (Å²) in [5.41, 5.74) is 0. The number of carbonyl (C=O) groups excluding carboxylic acids is 7. The van der Waals surface area contributed by atoms with Gasteiger partial charge in [-0.05, 0) is 6.42 Å². The fraction of sp³-hybridized carbons (Fsp3) is 0.600. The average Bonchev–Trinajstić information content (AvgIpc) is 3.41. The van der Waals surface area contributed by atoms with Crippen LogP contribution in [0.5, 0.6) is 0 Å². The molecule has 0 aromatic rings. The second-order valence-corrected chi connectivity index (χ2v) is 10.3. The molecule has 0 aromatic carbocycles. The first kappa shape index (κ1) is 29.7. The molecule has 2 N–H and O–H groups in total. The van der Waals surface area contributed by atoms with E-state index in [4.69, 9.17) is 14.8 Å². The highest BCUT2D eigenvalue weighted by molar-refractivity contribution is 7.88. The topological polar surface area (TPSA) is 249 Å². The third-order valence-corrected chi connectivity index (χ3v) is 7.72. The van der Waals surface area contributed by atoms with E-state index < -0.39 is 107 Å². The zero-order chi connectivity index (χ0) is 29.1. The van der Waals surface area contributed by atoms with E-state index in [2.05, 4.69) is 4.84 Å². The van der Waals surface area contributed by atoms with E-state index in [1.807, 2.05) is 0 Å². The number of carbonyl (C=O) groups is 8. The van der Waals surface area contributed by atoms with E-state index in [0.29, 0.717) is 10.1 Å². The Morgan fingerprint density at radius 2 is 1.31 bits per heavy atom. The van der Waals surface area contributed by atoms with Crippen LogP contribution in [-0.4, -0.2) is 98.6 Å². The molecule has 39 heavy (non-hydrogen) atoms. The molecule has 3 heterocycles. The van der Waals surface area contributed by atoms with Gasteiger partial charge in [-0.3, -0.25) is 47.8 Å². The van der Waals surface area contributed by atoms with Gasteiger partial charge in [0.1, 0.15) is 0 Å². The average molecular weight is 577 g/mol. The molecule has 3 aliphatic rings. The number of nitrogens with zero attached hydrogens (tertiary/aromatic N) is 3. The van der Waals surface area contributed by atoms with Crippen molar-refractivity contribution in [2.75, 3.05) is 13.2 Å². The lowest BCUT2D eigenvalue weighted by Crippen LogP contribution is -2.52. The smallest absolute Gasteiger partial charge is 0.333 e. The second-order valence-electron chi connectivity index (χ2n) is 8.58. The van der Waals surface area contributed by atoms with E-state index in [-0.39, 0.29) is 30.7 Å². The zero-order valence-corrected chi connectivity index (χ0v) is 20.9. The van der Waals surface area contributed by atoms with Gasteiger partial charge in [-0.2, -0.15) is 18.5 Å². The highest BCUT2D eigenvalue weighted by Crippen LogP contribution is 2.42. The molecule has 3 aliphatic heterocycles. The highest BCUT2D eigenvalue weighted by Gasteiger charge is 2.68. The minimum atomic E-state index is -5.55. The van der Waals surface area contributed by atoms with Crippen LogP contribution in [0.1, 0.15) is 51.4 Å². The van der Waals surface area contributed by atoms with Crippen molar-refractivity contribution in [2.24, 2.45) is 5.92 Å². The molecule has 214 valence electrons. The number of carboxylic acid groups (broad SMARTS) is 1. The van der Waals surface area contributed by atoms with Crippen LogP contribution in [0.15, 0.2) is 0 Å². The minimum Gasteiger partial charge on any atom is -0.481 e. The summed E-state index contributed by atoms with van der Waals surface area (Å²) < 4.78 is 32.3. The minimum absolute atomic E-state index is 0.153. The molecule has 2 atom stereocenters. The van der Waals surface area contributed by atoms with Gasteiger partial charge in [0, 0.05) is 32.1 Å². The van der Waals surface area contributed by atoms with Gasteiger partial charge in [0.15, 0.2) is 4.75 Å². The Labute approximate surface area is 219 Å². The lowest BCUT2D eigenvalue weighted by atomic mass is 9.88. The van der Waals surface area contributed by atoms with Crippen LogP contribution >= 0.6 is 0 Å². The molecule has 19 heteroatoms. The van der Waals surface area contributed by atoms with Gasteiger partial charge in [-0.25, -0.2) is 4.79 Å². The van der Waals surface area contributed by atoms with Gasteiger partial charge in [0.25, 0.3) is 45.6 Å². The van der Waals surface area contributed by atoms with Crippen LogP contribution in [0.25, 0.3) is 0 Å². The molecule has 3 rings (SSSR count). The lowest BCUT2D eigenvalue weighted by molar-refractivity contribution is -0.199. The van der Waals surface area contributed by atoms with Crippen molar-refractivity contribution in [3.63, 3.8) is 0 Å². The maximum Gasteiger partial charge on any atom is 0.333 e. The van der Waals surface area contributed by atoms with Crippen molar-refractivity contribution in [1.82, 2.24) is 15.2 Å². The standard InChI is InChI=1S/C20H23N3O15S/c24-12-1-2-13(25)21(12)36-9-7-11-18(31)23(38-17(30)6-5-16(28)29)19(32)20(11,39(33,34)35)8-10-37-22-14(26)3-4-15(22)27/h11H,1-10H2,(H,28,29)(H,33,34,35). The maximum absolute atomic E-state index is 13.3. The molecule has 0 aromatic heterocycles. The van der Waals surface area contributed by atoms with Crippen molar-refractivity contribution in [1.29, 1.82) is 0 Å². The van der Waals surface area contributed by atoms with Crippen LogP contribution in [0.4, 0.5) is 0 Å². The Morgan fingerprint density at radius 3 is 1.77 bits per heavy atom. The summed E-state index contributed by atoms with van der Waals surface area (Å²) in [7, 11) is -5.55. The van der Waals surface area contributed by atoms with E-state index >= 15 is 0 Å². The van der Waals surface area contributed by atoms with Crippen molar-refractivity contribution < 1.29 is 70.9 Å². The zero-order valence-electron chi connectivity index (χ0n) is 20.1. The Hall–Kier alpha value is -3.81. The number of hydroxylamine groups is 6. The summed E-state index contributed by atoms with van der Waals surface area (Å²) in [5, 5.41) is 9.21. The second kappa shape index (κ2) is 11.5. The van der Waals surface area contributed by atoms with Gasteiger partial charge in [-0.15, -0.1) is 5.06 Å². The number of rotatable bonds is 13. The van der Waals surface area contributed by atoms with E-state index in [1.54, 1.807) is 0 Å². The molecule has 0 bridgehead atoms. The van der Waals surface area contributed by atoms with Gasteiger partial charge in [0.05, 0.1) is 32.0 Å². The Balaban J connectivity index is 1.87. The van der Waals surface area contributed by atoms with Crippen LogP contribution in [0, 0.1) is 5.92 Å². The first-order chi connectivity index (χ1) is 18.2. The highest BCUT2D eigenvalue weighted by atomic mass is 32.2. The number of imide groups is 3. The summed E-state index contributed by atoms with van der Waals surface area (Å²) >= 11 is 0. The molecule has 6 amide bonds. The number of hydrogen-bond donors (Lipinski definition) is 2. The molecule has 0 saturated carbocycles. The largest absolute Gasteiger partial charge is 0.481 e. The van der Waals surface area contributed by atoms with Gasteiger partial charge in [0.2, 0.25) is 0 Å². The quantitative estimate of drug-likeness (QED) is 0.175. The molecule has 0 aliphatic carbocycles. The molecule has 2 unspecified atom stereocenters. The first-order valence-electron chi connectivity index (χ1n) is 11.5. The third-order valence-electron chi connectivity index (χ3n) is 6.14. The Kier molecular flexibility index (Phi) is 8.78. The third kappa shape index (κ3) is 5.95. The fourth-order valence-electron chi connectivity index (χ4n) is 4.21. The van der Waals surface area contributed by atoms with Crippen LogP contribution in [0.3, 0.4) is 0 Å². The summed E-state index contributed by atoms with van der Waals surface area (Å²) in [4.78, 5) is 111. The summed E-state index contributed by atoms with van der Waals surface area (Å²) in [6.45, 7) is -1.55. The first-order valence-corrected chi connectivity index (χ1v) is 12.9. The lowest BCUT2D eigenvalue weighted by Gasteiger charge is -2.28. The molecule has 18 nitrogen and oxygen atoms in total. The Bertz CT molecular complexity index is 1200. The summed E-state index contributed by atoms with van der Waals surface area (Å²) in [6, 6.07) is 0. The molecule has 3 saturated heterocycles. The van der Waals surface area contributed by atoms with Crippen molar-refractivity contribution >= 4 is 57.5 Å². The normalized spacial score (nSPS) is 23.9. The predicted molar refractivity (Wildman–Crippen MR) is 116 cm³/mol. The number of hydrogen-bond acceptors (Lipinski definition) is 13. The van der Waals surface area contributed by atoms with Crippen molar-refractivity contribution in [2.45, 2.75) is 56.1 Å². The van der Waals surface area contributed by atoms with Gasteiger partial charge < -0.3 is 9.94 Å². The van der Waals surface area contributed by atoms with Crippen molar-refractivity contribution in [3.05, 3.63) is 0 Å². The fourth-order valence-corrected chi connectivity index (χ4v) is 5.44. The molecule has 0 radical (unpaired) electrons.